The van der Waals surface area contributed by atoms with Crippen LogP contribution >= 0.6 is 0 Å². The summed E-state index contributed by atoms with van der Waals surface area (Å²) < 4.78 is 0. The number of piperidine rings is 1. The molecular formula is C22H33NO. The smallest absolute Gasteiger partial charge is 0.223 e. The van der Waals surface area contributed by atoms with Gasteiger partial charge in [-0.3, -0.25) is 4.79 Å². The summed E-state index contributed by atoms with van der Waals surface area (Å²) >= 11 is 0. The second-order valence-corrected chi connectivity index (χ2v) is 9.61. The lowest BCUT2D eigenvalue weighted by Gasteiger charge is -2.63. The third-order valence-corrected chi connectivity index (χ3v) is 8.88. The van der Waals surface area contributed by atoms with Gasteiger partial charge in [-0.25, -0.2) is 0 Å². The molecule has 1 heterocycles. The largest absolute Gasteiger partial charge is 0.342 e. The van der Waals surface area contributed by atoms with E-state index in [2.05, 4.69) is 37.1 Å². The molecule has 2 nitrogen and oxygen atoms in total. The van der Waals surface area contributed by atoms with Gasteiger partial charge in [-0.05, 0) is 73.2 Å². The Morgan fingerprint density at radius 2 is 1.96 bits per heavy atom. The highest BCUT2D eigenvalue weighted by atomic mass is 16.2. The molecule has 0 aromatic carbocycles. The maximum atomic E-state index is 12.5. The minimum Gasteiger partial charge on any atom is -0.342 e. The summed E-state index contributed by atoms with van der Waals surface area (Å²) in [6.45, 7) is 8.89. The number of fused-ring (bicyclic) bond motifs is 5. The van der Waals surface area contributed by atoms with E-state index >= 15 is 0 Å². The lowest BCUT2D eigenvalue weighted by molar-refractivity contribution is -0.165. The molecule has 7 atom stereocenters. The Labute approximate surface area is 147 Å². The van der Waals surface area contributed by atoms with Crippen LogP contribution in [0.15, 0.2) is 18.4 Å². The molecule has 1 amide bonds. The van der Waals surface area contributed by atoms with Crippen LogP contribution in [-0.2, 0) is 4.79 Å². The Bertz CT molecular complexity index is 591. The lowest BCUT2D eigenvalue weighted by Crippen LogP contribution is -2.64. The van der Waals surface area contributed by atoms with Crippen molar-refractivity contribution in [2.24, 2.45) is 34.5 Å². The Balaban J connectivity index is 1.74. The average Bonchev–Trinajstić information content (AvgIpc) is 2.95. The van der Waals surface area contributed by atoms with Crippen LogP contribution in [0.3, 0.4) is 0 Å². The highest BCUT2D eigenvalue weighted by molar-refractivity contribution is 5.78. The number of carbonyl (C=O) groups excluding carboxylic acids is 1. The molecule has 4 fully saturated rings. The van der Waals surface area contributed by atoms with Gasteiger partial charge in [0.25, 0.3) is 0 Å². The van der Waals surface area contributed by atoms with Crippen molar-refractivity contribution in [3.63, 3.8) is 0 Å². The zero-order chi connectivity index (χ0) is 17.1. The van der Waals surface area contributed by atoms with Gasteiger partial charge < -0.3 is 4.90 Å². The van der Waals surface area contributed by atoms with Crippen LogP contribution < -0.4 is 0 Å². The molecule has 132 valence electrons. The summed E-state index contributed by atoms with van der Waals surface area (Å²) in [5.74, 6) is 3.19. The highest BCUT2D eigenvalue weighted by Gasteiger charge is 2.61. The lowest BCUT2D eigenvalue weighted by atomic mass is 9.45. The third kappa shape index (κ3) is 2.05. The number of carbonyl (C=O) groups is 1. The Kier molecular flexibility index (Phi) is 3.77. The fourth-order valence-electron chi connectivity index (χ4n) is 7.60. The fraction of sp³-hybridized carbons (Fsp3) is 0.818. The van der Waals surface area contributed by atoms with E-state index in [4.69, 9.17) is 0 Å². The quantitative estimate of drug-likeness (QED) is 0.633. The first-order valence-electron chi connectivity index (χ1n) is 10.0. The summed E-state index contributed by atoms with van der Waals surface area (Å²) in [6.07, 6.45) is 12.3. The molecule has 0 spiro atoms. The van der Waals surface area contributed by atoms with Crippen LogP contribution in [0.2, 0.25) is 0 Å². The number of nitrogens with zero attached hydrogens (tertiary/aromatic N) is 1. The van der Waals surface area contributed by atoms with Crippen molar-refractivity contribution in [2.45, 2.75) is 71.3 Å². The van der Waals surface area contributed by atoms with E-state index in [0.717, 1.165) is 17.8 Å². The molecule has 1 unspecified atom stereocenters. The van der Waals surface area contributed by atoms with Crippen LogP contribution in [-0.4, -0.2) is 23.9 Å². The van der Waals surface area contributed by atoms with Gasteiger partial charge in [0.05, 0.1) is 0 Å². The molecular weight excluding hydrogens is 294 g/mol. The summed E-state index contributed by atoms with van der Waals surface area (Å²) in [4.78, 5) is 14.6. The first-order valence-corrected chi connectivity index (χ1v) is 10.0. The number of hydrogen-bond donors (Lipinski definition) is 0. The van der Waals surface area contributed by atoms with Crippen molar-refractivity contribution < 1.29 is 4.79 Å². The van der Waals surface area contributed by atoms with Gasteiger partial charge in [0.1, 0.15) is 0 Å². The molecule has 1 saturated heterocycles. The second-order valence-electron chi connectivity index (χ2n) is 9.61. The summed E-state index contributed by atoms with van der Waals surface area (Å²) in [6, 6.07) is 0.403. The van der Waals surface area contributed by atoms with Gasteiger partial charge in [0.15, 0.2) is 0 Å². The number of rotatable bonds is 1. The van der Waals surface area contributed by atoms with E-state index < -0.39 is 0 Å². The molecule has 0 aromatic heterocycles. The number of hydrogen-bond acceptors (Lipinski definition) is 1. The predicted molar refractivity (Wildman–Crippen MR) is 97.4 cm³/mol. The molecule has 3 saturated carbocycles. The standard InChI is InChI=1S/C22H33NO/c1-5-7-15-14-20(24)23(4)19-10-9-16-17-8-6-12-21(17,2)13-11-18(16)22(15,19)3/h7,15-19H,1,6,8-14H2,2-4H3/t15?,16-,17-,18-,19+,21-,22+/m0/s1. The van der Waals surface area contributed by atoms with E-state index in [0.29, 0.717) is 29.7 Å². The first kappa shape index (κ1) is 16.5. The monoisotopic (exact) mass is 327 g/mol. The normalized spacial score (nSPS) is 50.5. The molecule has 0 radical (unpaired) electrons. The van der Waals surface area contributed by atoms with E-state index in [1.165, 1.54) is 44.9 Å². The number of amides is 1. The Hall–Kier alpha value is -1.01. The van der Waals surface area contributed by atoms with Crippen LogP contribution in [0.1, 0.15) is 65.2 Å². The fourth-order valence-corrected chi connectivity index (χ4v) is 7.60. The Morgan fingerprint density at radius 1 is 1.17 bits per heavy atom. The van der Waals surface area contributed by atoms with Gasteiger partial charge in [0, 0.05) is 25.4 Å². The highest BCUT2D eigenvalue weighted by Crippen LogP contribution is 2.65. The number of allylic oxidation sites excluding steroid dienone is 1. The van der Waals surface area contributed by atoms with E-state index in [9.17, 15) is 4.79 Å². The zero-order valence-electron chi connectivity index (χ0n) is 15.7. The zero-order valence-corrected chi connectivity index (χ0v) is 15.7. The maximum absolute atomic E-state index is 12.5. The molecule has 0 N–H and O–H groups in total. The SMILES string of the molecule is C=C=CC1CC(=O)N(C)[C@@H]2CC[C@H]3[C@@H]4CCC[C@@]4(C)CC[C@@H]3[C@@]12C. The van der Waals surface area contributed by atoms with E-state index in [1.54, 1.807) is 0 Å². The topological polar surface area (TPSA) is 20.3 Å². The van der Waals surface area contributed by atoms with Crippen LogP contribution in [0.4, 0.5) is 0 Å². The first-order chi connectivity index (χ1) is 11.4. The second kappa shape index (κ2) is 5.49. The molecule has 24 heavy (non-hydrogen) atoms. The van der Waals surface area contributed by atoms with Crippen LogP contribution in [0.25, 0.3) is 0 Å². The summed E-state index contributed by atoms with van der Waals surface area (Å²) in [7, 11) is 2.04. The van der Waals surface area contributed by atoms with Gasteiger partial charge >= 0.3 is 0 Å². The molecule has 3 aliphatic carbocycles. The summed E-state index contributed by atoms with van der Waals surface area (Å²) in [5.41, 5.74) is 3.84. The molecule has 0 aromatic rings. The predicted octanol–water partition coefficient (Wildman–Crippen LogP) is 4.81. The third-order valence-electron chi connectivity index (χ3n) is 8.88. The van der Waals surface area contributed by atoms with E-state index in [-0.39, 0.29) is 5.41 Å². The van der Waals surface area contributed by atoms with Crippen LogP contribution in [0.5, 0.6) is 0 Å². The molecule has 2 heteroatoms. The minimum absolute atomic E-state index is 0.209. The van der Waals surface area contributed by atoms with Crippen molar-refractivity contribution in [1.82, 2.24) is 4.90 Å². The van der Waals surface area contributed by atoms with E-state index in [1.807, 2.05) is 7.05 Å². The molecule has 4 rings (SSSR count). The van der Waals surface area contributed by atoms with Crippen molar-refractivity contribution in [3.05, 3.63) is 18.4 Å². The van der Waals surface area contributed by atoms with Gasteiger partial charge in [-0.2, -0.15) is 0 Å². The van der Waals surface area contributed by atoms with Gasteiger partial charge in [-0.1, -0.05) is 26.8 Å². The summed E-state index contributed by atoms with van der Waals surface area (Å²) in [5, 5.41) is 0. The molecule has 1 aliphatic heterocycles. The van der Waals surface area contributed by atoms with Gasteiger partial charge in [0.2, 0.25) is 5.91 Å². The van der Waals surface area contributed by atoms with Crippen molar-refractivity contribution in [2.75, 3.05) is 7.05 Å². The molecule has 4 aliphatic rings. The maximum Gasteiger partial charge on any atom is 0.223 e. The average molecular weight is 328 g/mol. The minimum atomic E-state index is 0.209. The van der Waals surface area contributed by atoms with Crippen LogP contribution in [0, 0.1) is 34.5 Å². The van der Waals surface area contributed by atoms with Crippen molar-refractivity contribution in [1.29, 1.82) is 0 Å². The van der Waals surface area contributed by atoms with Crippen molar-refractivity contribution >= 4 is 5.91 Å². The van der Waals surface area contributed by atoms with Crippen molar-refractivity contribution in [3.8, 4) is 0 Å². The Morgan fingerprint density at radius 3 is 2.71 bits per heavy atom. The van der Waals surface area contributed by atoms with Gasteiger partial charge in [-0.15, -0.1) is 5.73 Å². The number of likely N-dealkylation sites (tertiary alicyclic amines) is 1. The molecule has 0 bridgehead atoms.